The Morgan fingerprint density at radius 2 is 2.08 bits per heavy atom. The van der Waals surface area contributed by atoms with Crippen LogP contribution in [0.3, 0.4) is 0 Å². The molecule has 0 spiro atoms. The highest BCUT2D eigenvalue weighted by molar-refractivity contribution is 5.96. The van der Waals surface area contributed by atoms with Crippen LogP contribution in [0.15, 0.2) is 24.4 Å². The normalized spacial score (nSPS) is 18.6. The average molecular weight is 355 g/mol. The number of likely N-dealkylation sites (tertiary alicyclic amines) is 1. The summed E-state index contributed by atoms with van der Waals surface area (Å²) in [5.41, 5.74) is 2.18. The third-order valence-electron chi connectivity index (χ3n) is 5.91. The number of hydrogen-bond acceptors (Lipinski definition) is 5. The molecule has 140 valence electrons. The predicted molar refractivity (Wildman–Crippen MR) is 105 cm³/mol. The van der Waals surface area contributed by atoms with E-state index >= 15 is 0 Å². The van der Waals surface area contributed by atoms with Crippen LogP contribution in [0.5, 0.6) is 11.5 Å². The average Bonchev–Trinajstić information content (AvgIpc) is 2.71. The third-order valence-corrected chi connectivity index (χ3v) is 5.91. The molecule has 4 rings (SSSR count). The summed E-state index contributed by atoms with van der Waals surface area (Å²) in [6, 6.07) is 6.08. The van der Waals surface area contributed by atoms with Gasteiger partial charge in [0.1, 0.15) is 12.4 Å². The minimum atomic E-state index is 0.735. The fourth-order valence-electron chi connectivity index (χ4n) is 4.23. The molecule has 5 nitrogen and oxygen atoms in total. The Labute approximate surface area is 155 Å². The van der Waals surface area contributed by atoms with Crippen LogP contribution in [0.25, 0.3) is 10.9 Å². The van der Waals surface area contributed by atoms with Gasteiger partial charge in [0.15, 0.2) is 5.75 Å². The monoisotopic (exact) mass is 355 g/mol. The van der Waals surface area contributed by atoms with Gasteiger partial charge in [0.05, 0.1) is 31.1 Å². The fourth-order valence-corrected chi connectivity index (χ4v) is 4.23. The van der Waals surface area contributed by atoms with Crippen molar-refractivity contribution < 1.29 is 9.47 Å². The van der Waals surface area contributed by atoms with Gasteiger partial charge in [0.2, 0.25) is 0 Å². The van der Waals surface area contributed by atoms with E-state index in [9.17, 15) is 0 Å². The summed E-state index contributed by atoms with van der Waals surface area (Å²) in [6.07, 6.45) is 5.78. The zero-order valence-electron chi connectivity index (χ0n) is 15.9. The number of rotatable bonds is 5. The number of methoxy groups -OCH3 is 1. The smallest absolute Gasteiger partial charge is 0.161 e. The lowest BCUT2D eigenvalue weighted by Crippen LogP contribution is -2.37. The van der Waals surface area contributed by atoms with Gasteiger partial charge in [-0.05, 0) is 63.0 Å². The van der Waals surface area contributed by atoms with E-state index in [1.807, 2.05) is 18.3 Å². The number of ether oxygens (including phenoxy) is 2. The first-order chi connectivity index (χ1) is 12.8. The number of anilines is 1. The van der Waals surface area contributed by atoms with Crippen molar-refractivity contribution >= 4 is 16.6 Å². The molecule has 1 aromatic heterocycles. The van der Waals surface area contributed by atoms with Crippen LogP contribution in [0, 0.1) is 5.92 Å². The molecule has 0 aliphatic carbocycles. The molecule has 0 radical (unpaired) electrons. The first-order valence-corrected chi connectivity index (χ1v) is 9.85. The Hall–Kier alpha value is -2.01. The van der Waals surface area contributed by atoms with Crippen molar-refractivity contribution in [3.63, 3.8) is 0 Å². The van der Waals surface area contributed by atoms with Gasteiger partial charge in [-0.2, -0.15) is 0 Å². The summed E-state index contributed by atoms with van der Waals surface area (Å²) >= 11 is 0. The summed E-state index contributed by atoms with van der Waals surface area (Å²) in [5, 5.41) is 1.13. The molecular weight excluding hydrogens is 326 g/mol. The summed E-state index contributed by atoms with van der Waals surface area (Å²) in [7, 11) is 1.71. The molecule has 5 heteroatoms. The zero-order valence-corrected chi connectivity index (χ0v) is 15.9. The maximum Gasteiger partial charge on any atom is 0.161 e. The molecule has 0 bridgehead atoms. The molecule has 26 heavy (non-hydrogen) atoms. The van der Waals surface area contributed by atoms with Gasteiger partial charge < -0.3 is 19.3 Å². The van der Waals surface area contributed by atoms with Gasteiger partial charge in [-0.3, -0.25) is 4.98 Å². The minimum absolute atomic E-state index is 0.735. The van der Waals surface area contributed by atoms with E-state index < -0.39 is 0 Å². The standard InChI is InChI=1S/C21H29N3O2/c1-3-23-9-6-16(7-10-23)8-11-24-12-13-26-20-15-22-19-5-4-17(25-2)14-18(19)21(20)24/h4-5,14-16H,3,6-13H2,1-2H3. The number of hydrogen-bond donors (Lipinski definition) is 0. The maximum absolute atomic E-state index is 5.90. The van der Waals surface area contributed by atoms with Crippen LogP contribution in [-0.2, 0) is 0 Å². The molecule has 0 unspecified atom stereocenters. The summed E-state index contributed by atoms with van der Waals surface area (Å²) in [5.74, 6) is 2.61. The molecule has 0 amide bonds. The lowest BCUT2D eigenvalue weighted by Gasteiger charge is -2.35. The van der Waals surface area contributed by atoms with Crippen molar-refractivity contribution in [3.8, 4) is 11.5 Å². The summed E-state index contributed by atoms with van der Waals surface area (Å²) in [4.78, 5) is 9.62. The lowest BCUT2D eigenvalue weighted by molar-refractivity contribution is 0.187. The van der Waals surface area contributed by atoms with Crippen molar-refractivity contribution in [1.29, 1.82) is 0 Å². The Morgan fingerprint density at radius 1 is 1.23 bits per heavy atom. The molecule has 1 fully saturated rings. The Kier molecular flexibility index (Phi) is 5.16. The number of pyridine rings is 1. The quantitative estimate of drug-likeness (QED) is 0.820. The largest absolute Gasteiger partial charge is 0.497 e. The van der Waals surface area contributed by atoms with Crippen LogP contribution in [0.1, 0.15) is 26.2 Å². The Morgan fingerprint density at radius 3 is 2.85 bits per heavy atom. The van der Waals surface area contributed by atoms with Gasteiger partial charge in [-0.15, -0.1) is 0 Å². The number of nitrogens with zero attached hydrogens (tertiary/aromatic N) is 3. The van der Waals surface area contributed by atoms with Crippen molar-refractivity contribution in [2.24, 2.45) is 5.92 Å². The van der Waals surface area contributed by atoms with E-state index in [0.717, 1.165) is 48.0 Å². The zero-order chi connectivity index (χ0) is 17.9. The lowest BCUT2D eigenvalue weighted by atomic mass is 9.93. The van der Waals surface area contributed by atoms with E-state index in [-0.39, 0.29) is 0 Å². The SMILES string of the molecule is CCN1CCC(CCN2CCOc3cnc4ccc(OC)cc4c32)CC1. The number of aromatic nitrogens is 1. The van der Waals surface area contributed by atoms with Crippen LogP contribution >= 0.6 is 0 Å². The first-order valence-electron chi connectivity index (χ1n) is 9.85. The van der Waals surface area contributed by atoms with Crippen LogP contribution in [0.4, 0.5) is 5.69 Å². The van der Waals surface area contributed by atoms with Gasteiger partial charge in [-0.25, -0.2) is 0 Å². The second-order valence-corrected chi connectivity index (χ2v) is 7.36. The molecule has 0 N–H and O–H groups in total. The number of piperidine rings is 1. The predicted octanol–water partition coefficient (Wildman–Crippen LogP) is 3.56. The maximum atomic E-state index is 5.90. The first kappa shape index (κ1) is 17.4. The molecule has 1 aromatic carbocycles. The molecule has 2 aliphatic heterocycles. The molecule has 3 heterocycles. The van der Waals surface area contributed by atoms with Crippen molar-refractivity contribution in [1.82, 2.24) is 9.88 Å². The van der Waals surface area contributed by atoms with E-state index in [2.05, 4.69) is 27.8 Å². The van der Waals surface area contributed by atoms with Crippen LogP contribution in [-0.4, -0.2) is 56.3 Å². The van der Waals surface area contributed by atoms with Crippen LogP contribution < -0.4 is 14.4 Å². The highest BCUT2D eigenvalue weighted by Crippen LogP contribution is 2.39. The highest BCUT2D eigenvalue weighted by Gasteiger charge is 2.24. The Balaban J connectivity index is 1.53. The van der Waals surface area contributed by atoms with Crippen molar-refractivity contribution in [2.75, 3.05) is 51.3 Å². The second kappa shape index (κ2) is 7.70. The summed E-state index contributed by atoms with van der Waals surface area (Å²) < 4.78 is 11.3. The van der Waals surface area contributed by atoms with Crippen LogP contribution in [0.2, 0.25) is 0 Å². The second-order valence-electron chi connectivity index (χ2n) is 7.36. The highest BCUT2D eigenvalue weighted by atomic mass is 16.5. The van der Waals surface area contributed by atoms with E-state index in [1.54, 1.807) is 7.11 Å². The van der Waals surface area contributed by atoms with Gasteiger partial charge in [0, 0.05) is 11.9 Å². The molecule has 2 aromatic rings. The van der Waals surface area contributed by atoms with Gasteiger partial charge in [-0.1, -0.05) is 6.92 Å². The van der Waals surface area contributed by atoms with E-state index in [0.29, 0.717) is 0 Å². The topological polar surface area (TPSA) is 37.8 Å². The van der Waals surface area contributed by atoms with E-state index in [4.69, 9.17) is 9.47 Å². The van der Waals surface area contributed by atoms with Gasteiger partial charge >= 0.3 is 0 Å². The molecule has 1 saturated heterocycles. The van der Waals surface area contributed by atoms with Gasteiger partial charge in [0.25, 0.3) is 0 Å². The minimum Gasteiger partial charge on any atom is -0.497 e. The van der Waals surface area contributed by atoms with Crippen molar-refractivity contribution in [3.05, 3.63) is 24.4 Å². The number of fused-ring (bicyclic) bond motifs is 3. The molecular formula is C21H29N3O2. The molecule has 0 atom stereocenters. The third kappa shape index (κ3) is 3.45. The Bertz CT molecular complexity index is 751. The van der Waals surface area contributed by atoms with E-state index in [1.165, 1.54) is 44.6 Å². The molecule has 2 aliphatic rings. The number of benzene rings is 1. The molecule has 0 saturated carbocycles. The summed E-state index contributed by atoms with van der Waals surface area (Å²) in [6.45, 7) is 8.72. The van der Waals surface area contributed by atoms with Crippen molar-refractivity contribution in [2.45, 2.75) is 26.2 Å². The fraction of sp³-hybridized carbons (Fsp3) is 0.571.